The number of fused-ring (bicyclic) bond motifs is 4. The highest BCUT2D eigenvalue weighted by Gasteiger charge is 2.53. The molecule has 3 aliphatic heterocycles. The molecule has 3 aromatic rings. The fourth-order valence-corrected chi connectivity index (χ4v) is 9.52. The number of sulfonamides is 1. The topological polar surface area (TPSA) is 147 Å². The van der Waals surface area contributed by atoms with Crippen LogP contribution in [0.3, 0.4) is 0 Å². The van der Waals surface area contributed by atoms with Gasteiger partial charge in [0.05, 0.1) is 28.5 Å². The Bertz CT molecular complexity index is 2020. The van der Waals surface area contributed by atoms with Crippen molar-refractivity contribution in [2.75, 3.05) is 19.6 Å². The molecule has 0 radical (unpaired) electrons. The van der Waals surface area contributed by atoms with Gasteiger partial charge in [-0.2, -0.15) is 0 Å². The molecule has 0 bridgehead atoms. The fourth-order valence-electron chi connectivity index (χ4n) is 8.25. The maximum Gasteiger partial charge on any atom is 0.242 e. The van der Waals surface area contributed by atoms with Crippen molar-refractivity contribution in [1.29, 1.82) is 0 Å². The number of amides is 3. The number of hydrogen-bond donors (Lipinski definition) is 3. The van der Waals surface area contributed by atoms with Crippen molar-refractivity contribution in [1.82, 2.24) is 25.2 Å². The second-order valence-electron chi connectivity index (χ2n) is 16.0. The quantitative estimate of drug-likeness (QED) is 0.271. The summed E-state index contributed by atoms with van der Waals surface area (Å²) in [5.74, 6) is -0.688. The standard InChI is InChI=1S/C42H53N5O6S/c1-29-38-33(32-16-11-12-17-34(32)45-29)19-21-42(53-38)26-36-39(49)44-27-31(25-37(48)46-54(51,52)41(2)22-23-41)15-7-4-3-5-10-18-35(40(50)47(36)28-42)43-24-20-30-13-8-6-9-14-30/h6-9,11-17,31,35-36,43H,3-5,10,18-28H2,1-2H3,(H,44,49)(H,46,48)/b15-7-/t31-,35-,36-,42+/m0/s1. The van der Waals surface area contributed by atoms with E-state index in [1.165, 1.54) is 5.56 Å². The summed E-state index contributed by atoms with van der Waals surface area (Å²) in [7, 11) is -3.78. The molecule has 288 valence electrons. The number of rotatable bonds is 8. The van der Waals surface area contributed by atoms with Crippen LogP contribution in [0.5, 0.6) is 5.75 Å². The summed E-state index contributed by atoms with van der Waals surface area (Å²) < 4.78 is 33.8. The highest BCUT2D eigenvalue weighted by molar-refractivity contribution is 7.91. The summed E-state index contributed by atoms with van der Waals surface area (Å²) in [6.45, 7) is 4.62. The Balaban J connectivity index is 1.13. The molecule has 3 amide bonds. The van der Waals surface area contributed by atoms with Gasteiger partial charge in [-0.05, 0) is 83.4 Å². The molecule has 1 saturated heterocycles. The first-order valence-corrected chi connectivity index (χ1v) is 21.1. The Morgan fingerprint density at radius 3 is 2.61 bits per heavy atom. The van der Waals surface area contributed by atoms with E-state index in [1.807, 2.05) is 55.5 Å². The lowest BCUT2D eigenvalue weighted by molar-refractivity contribution is -0.140. The van der Waals surface area contributed by atoms with E-state index >= 15 is 0 Å². The van der Waals surface area contributed by atoms with E-state index in [0.29, 0.717) is 38.6 Å². The number of ether oxygens (including phenoxy) is 1. The number of carbonyl (C=O) groups is 3. The van der Waals surface area contributed by atoms with Crippen LogP contribution in [0.15, 0.2) is 66.7 Å². The lowest BCUT2D eigenvalue weighted by Gasteiger charge is -2.36. The summed E-state index contributed by atoms with van der Waals surface area (Å²) in [6, 6.07) is 17.0. The minimum Gasteiger partial charge on any atom is -0.483 e. The van der Waals surface area contributed by atoms with E-state index in [2.05, 4.69) is 33.6 Å². The molecule has 2 aromatic carbocycles. The smallest absolute Gasteiger partial charge is 0.242 e. The van der Waals surface area contributed by atoms with Crippen LogP contribution in [0.4, 0.5) is 0 Å². The molecule has 7 rings (SSSR count). The predicted molar refractivity (Wildman–Crippen MR) is 208 cm³/mol. The molecule has 1 spiro atoms. The molecule has 4 atom stereocenters. The van der Waals surface area contributed by atoms with E-state index in [9.17, 15) is 22.8 Å². The number of hydrogen-bond acceptors (Lipinski definition) is 8. The van der Waals surface area contributed by atoms with Gasteiger partial charge in [0, 0.05) is 36.3 Å². The van der Waals surface area contributed by atoms with Gasteiger partial charge >= 0.3 is 0 Å². The van der Waals surface area contributed by atoms with E-state index in [1.54, 1.807) is 11.8 Å². The average Bonchev–Trinajstić information content (AvgIpc) is 3.82. The first kappa shape index (κ1) is 38.0. The molecule has 11 nitrogen and oxygen atoms in total. The van der Waals surface area contributed by atoms with Gasteiger partial charge in [-0.1, -0.05) is 73.5 Å². The fraction of sp³-hybridized carbons (Fsp3) is 0.524. The van der Waals surface area contributed by atoms with Crippen molar-refractivity contribution >= 4 is 38.6 Å². The van der Waals surface area contributed by atoms with Gasteiger partial charge in [-0.25, -0.2) is 13.4 Å². The lowest BCUT2D eigenvalue weighted by Crippen LogP contribution is -2.53. The van der Waals surface area contributed by atoms with Gasteiger partial charge in [0.25, 0.3) is 0 Å². The molecule has 1 saturated carbocycles. The van der Waals surface area contributed by atoms with Crippen LogP contribution in [0.1, 0.15) is 88.0 Å². The van der Waals surface area contributed by atoms with Gasteiger partial charge < -0.3 is 20.3 Å². The Morgan fingerprint density at radius 2 is 1.81 bits per heavy atom. The first-order chi connectivity index (χ1) is 26.0. The van der Waals surface area contributed by atoms with Crippen LogP contribution < -0.4 is 20.1 Å². The molecule has 1 aliphatic carbocycles. The molecule has 12 heteroatoms. The van der Waals surface area contributed by atoms with Crippen molar-refractivity contribution in [2.24, 2.45) is 5.92 Å². The highest BCUT2D eigenvalue weighted by Crippen LogP contribution is 2.45. The van der Waals surface area contributed by atoms with Gasteiger partial charge in [-0.15, -0.1) is 0 Å². The summed E-state index contributed by atoms with van der Waals surface area (Å²) in [5, 5.41) is 7.67. The average molecular weight is 756 g/mol. The number of aromatic nitrogens is 1. The number of benzene rings is 2. The SMILES string of the molecule is Cc1nc2ccccc2c2c1O[C@]1(CC2)C[C@H]2C(=O)NC[C@H](CC(=O)NS(=O)(=O)C3(C)CC3)/C=C\CCCCC[C@H](NCCc3ccccc3)C(=O)N2C1. The molecule has 54 heavy (non-hydrogen) atoms. The number of allylic oxidation sites excluding steroid dienone is 1. The summed E-state index contributed by atoms with van der Waals surface area (Å²) in [4.78, 5) is 48.6. The maximum atomic E-state index is 14.7. The second-order valence-corrected chi connectivity index (χ2v) is 18.2. The highest BCUT2D eigenvalue weighted by atomic mass is 32.2. The van der Waals surface area contributed by atoms with Crippen molar-refractivity contribution in [2.45, 2.75) is 113 Å². The van der Waals surface area contributed by atoms with Gasteiger partial charge in [0.1, 0.15) is 17.4 Å². The van der Waals surface area contributed by atoms with E-state index in [4.69, 9.17) is 9.72 Å². The Kier molecular flexibility index (Phi) is 11.1. The maximum absolute atomic E-state index is 14.7. The molecule has 4 heterocycles. The Labute approximate surface area is 318 Å². The van der Waals surface area contributed by atoms with Crippen molar-refractivity contribution < 1.29 is 27.5 Å². The Hall–Kier alpha value is -4.29. The molecular formula is C42H53N5O6S. The zero-order chi connectivity index (χ0) is 37.9. The number of para-hydroxylation sites is 1. The molecule has 4 aliphatic rings. The molecule has 1 aromatic heterocycles. The number of pyridine rings is 1. The number of nitrogens with one attached hydrogen (secondary N) is 3. The molecule has 0 unspecified atom stereocenters. The minimum absolute atomic E-state index is 0.0864. The number of carbonyl (C=O) groups excluding carboxylic acids is 3. The molecule has 3 N–H and O–H groups in total. The third-order valence-corrected chi connectivity index (χ3v) is 14.0. The molecular weight excluding hydrogens is 703 g/mol. The molecule has 2 fully saturated rings. The second kappa shape index (κ2) is 15.8. The summed E-state index contributed by atoms with van der Waals surface area (Å²) in [5.41, 5.74) is 3.23. The zero-order valence-corrected chi connectivity index (χ0v) is 32.3. The third kappa shape index (κ3) is 8.34. The monoisotopic (exact) mass is 755 g/mol. The van der Waals surface area contributed by atoms with Crippen molar-refractivity contribution in [3.63, 3.8) is 0 Å². The van der Waals surface area contributed by atoms with Crippen LogP contribution >= 0.6 is 0 Å². The number of nitrogens with zero attached hydrogens (tertiary/aromatic N) is 2. The number of aryl methyl sites for hydroxylation is 2. The summed E-state index contributed by atoms with van der Waals surface area (Å²) in [6.07, 6.45) is 11.5. The third-order valence-electron chi connectivity index (χ3n) is 11.8. The van der Waals surface area contributed by atoms with Crippen molar-refractivity contribution in [3.8, 4) is 5.75 Å². The summed E-state index contributed by atoms with van der Waals surface area (Å²) >= 11 is 0. The van der Waals surface area contributed by atoms with Gasteiger partial charge in [-0.3, -0.25) is 19.1 Å². The van der Waals surface area contributed by atoms with Gasteiger partial charge in [0.2, 0.25) is 27.7 Å². The minimum atomic E-state index is -3.78. The van der Waals surface area contributed by atoms with Gasteiger partial charge in [0.15, 0.2) is 0 Å². The van der Waals surface area contributed by atoms with E-state index in [-0.39, 0.29) is 31.3 Å². The van der Waals surface area contributed by atoms with Crippen LogP contribution in [0.2, 0.25) is 0 Å². The normalized spacial score (nSPS) is 26.5. The zero-order valence-electron chi connectivity index (χ0n) is 31.4. The van der Waals surface area contributed by atoms with Crippen LogP contribution in [-0.2, 0) is 37.2 Å². The van der Waals surface area contributed by atoms with Crippen molar-refractivity contribution in [3.05, 3.63) is 83.6 Å². The van der Waals surface area contributed by atoms with Crippen LogP contribution in [0.25, 0.3) is 10.9 Å². The van der Waals surface area contributed by atoms with Crippen LogP contribution in [0, 0.1) is 12.8 Å². The first-order valence-electron chi connectivity index (χ1n) is 19.6. The van der Waals surface area contributed by atoms with E-state index in [0.717, 1.165) is 66.4 Å². The Morgan fingerprint density at radius 1 is 1.04 bits per heavy atom. The van der Waals surface area contributed by atoms with Crippen LogP contribution in [-0.4, -0.2) is 78.1 Å². The predicted octanol–water partition coefficient (Wildman–Crippen LogP) is 5.05. The largest absolute Gasteiger partial charge is 0.483 e. The lowest BCUT2D eigenvalue weighted by atomic mass is 9.87. The van der Waals surface area contributed by atoms with E-state index < -0.39 is 44.3 Å².